The van der Waals surface area contributed by atoms with Crippen LogP contribution in [0.15, 0.2) is 42.5 Å². The first-order valence-electron chi connectivity index (χ1n) is 12.6. The molecular formula is C29H25ClF4N2O2. The molecule has 0 unspecified atom stereocenters. The van der Waals surface area contributed by atoms with Crippen LogP contribution in [0.1, 0.15) is 51.9 Å². The maximum absolute atomic E-state index is 16.2. The highest BCUT2D eigenvalue weighted by Gasteiger charge is 2.50. The van der Waals surface area contributed by atoms with Crippen LogP contribution in [0, 0.1) is 11.6 Å². The van der Waals surface area contributed by atoms with Gasteiger partial charge < -0.3 is 15.4 Å². The molecule has 38 heavy (non-hydrogen) atoms. The van der Waals surface area contributed by atoms with E-state index in [1.807, 2.05) is 30.3 Å². The Hall–Kier alpha value is -3.10. The van der Waals surface area contributed by atoms with Gasteiger partial charge in [-0.25, -0.2) is 17.6 Å². The lowest BCUT2D eigenvalue weighted by Crippen LogP contribution is -2.48. The number of amides is 1. The number of carbonyl (C=O) groups is 1. The number of rotatable bonds is 4. The molecule has 6 rings (SSSR count). The van der Waals surface area contributed by atoms with Gasteiger partial charge in [-0.1, -0.05) is 41.9 Å². The van der Waals surface area contributed by atoms with Crippen molar-refractivity contribution in [2.24, 2.45) is 0 Å². The third kappa shape index (κ3) is 3.64. The van der Waals surface area contributed by atoms with Gasteiger partial charge in [-0.15, -0.1) is 0 Å². The van der Waals surface area contributed by atoms with Crippen LogP contribution in [0.3, 0.4) is 0 Å². The van der Waals surface area contributed by atoms with Crippen molar-refractivity contribution < 1.29 is 27.1 Å². The van der Waals surface area contributed by atoms with E-state index in [1.165, 1.54) is 13.1 Å². The third-order valence-corrected chi connectivity index (χ3v) is 8.45. The van der Waals surface area contributed by atoms with Gasteiger partial charge in [0.15, 0.2) is 5.60 Å². The average molecular weight is 545 g/mol. The molecule has 3 aliphatic rings. The Morgan fingerprint density at radius 2 is 1.89 bits per heavy atom. The topological polar surface area (TPSA) is 50.4 Å². The van der Waals surface area contributed by atoms with E-state index >= 15 is 8.78 Å². The molecule has 0 bridgehead atoms. The maximum atomic E-state index is 16.2. The second kappa shape index (κ2) is 8.99. The van der Waals surface area contributed by atoms with Gasteiger partial charge in [0.25, 0.3) is 11.8 Å². The van der Waals surface area contributed by atoms with Gasteiger partial charge >= 0.3 is 0 Å². The fourth-order valence-corrected chi connectivity index (χ4v) is 6.52. The molecule has 2 heterocycles. The molecular weight excluding hydrogens is 520 g/mol. The molecule has 1 aliphatic carbocycles. The Morgan fingerprint density at radius 1 is 1.13 bits per heavy atom. The molecule has 9 heteroatoms. The molecule has 0 radical (unpaired) electrons. The van der Waals surface area contributed by atoms with Crippen molar-refractivity contribution in [3.8, 4) is 16.9 Å². The Bertz CT molecular complexity index is 1460. The lowest BCUT2D eigenvalue weighted by atomic mass is 9.80. The second-order valence-electron chi connectivity index (χ2n) is 10.1. The summed E-state index contributed by atoms with van der Waals surface area (Å²) in [6, 6.07) is 11.6. The molecule has 4 nitrogen and oxygen atoms in total. The lowest BCUT2D eigenvalue weighted by molar-refractivity contribution is -0.00189. The van der Waals surface area contributed by atoms with Crippen molar-refractivity contribution in [3.05, 3.63) is 86.9 Å². The van der Waals surface area contributed by atoms with E-state index in [1.54, 1.807) is 0 Å². The Balaban J connectivity index is 1.61. The highest BCUT2D eigenvalue weighted by molar-refractivity contribution is 6.34. The molecule has 1 fully saturated rings. The van der Waals surface area contributed by atoms with Crippen LogP contribution in [-0.2, 0) is 24.4 Å². The van der Waals surface area contributed by atoms with Crippen LogP contribution >= 0.6 is 11.6 Å². The minimum atomic E-state index is -3.27. The van der Waals surface area contributed by atoms with Crippen molar-refractivity contribution in [2.45, 2.75) is 49.7 Å². The summed E-state index contributed by atoms with van der Waals surface area (Å²) >= 11 is 6.52. The van der Waals surface area contributed by atoms with E-state index < -0.39 is 41.0 Å². The van der Waals surface area contributed by atoms with Crippen molar-refractivity contribution in [2.75, 3.05) is 13.6 Å². The number of alkyl halides is 2. The molecule has 1 amide bonds. The zero-order chi connectivity index (χ0) is 26.8. The number of halogens is 5. The second-order valence-corrected chi connectivity index (χ2v) is 10.5. The fourth-order valence-electron chi connectivity index (χ4n) is 6.26. The molecule has 1 saturated heterocycles. The van der Waals surface area contributed by atoms with Crippen molar-refractivity contribution >= 4 is 17.5 Å². The summed E-state index contributed by atoms with van der Waals surface area (Å²) in [7, 11) is 1.32. The summed E-state index contributed by atoms with van der Waals surface area (Å²) in [5.74, 6) is -5.69. The van der Waals surface area contributed by atoms with E-state index in [0.29, 0.717) is 5.56 Å². The van der Waals surface area contributed by atoms with Crippen LogP contribution in [0.25, 0.3) is 11.1 Å². The van der Waals surface area contributed by atoms with Gasteiger partial charge in [-0.3, -0.25) is 4.79 Å². The summed E-state index contributed by atoms with van der Waals surface area (Å²) < 4.78 is 67.3. The normalized spacial score (nSPS) is 23.2. The standard InChI is InChI=1S/C29H25ClF4N2O2/c1-35-27(37)17-12-19-16(9-10-29(19,33)34)26(32)24(17)23-18-14-28(22-8-5-11-36-22,15-6-3-2-4-7-15)38-21(18)13-20(31)25(23)30/h2-4,6-7,12-13,22,36H,5,8-11,14H2,1H3,(H,35,37)/t22-,28-/m0/s1. The number of benzene rings is 3. The van der Waals surface area contributed by atoms with Crippen LogP contribution in [0.2, 0.25) is 5.02 Å². The van der Waals surface area contributed by atoms with E-state index in [9.17, 15) is 13.6 Å². The Morgan fingerprint density at radius 3 is 2.58 bits per heavy atom. The number of hydrogen-bond acceptors (Lipinski definition) is 3. The number of hydrogen-bond donors (Lipinski definition) is 2. The predicted molar refractivity (Wildman–Crippen MR) is 136 cm³/mol. The minimum absolute atomic E-state index is 0.0356. The van der Waals surface area contributed by atoms with Gasteiger partial charge in [-0.05, 0) is 43.0 Å². The number of carbonyl (C=O) groups excluding carboxylic acids is 1. The number of ether oxygens (including phenoxy) is 1. The first-order valence-corrected chi connectivity index (χ1v) is 13.0. The maximum Gasteiger partial charge on any atom is 0.273 e. The molecule has 0 saturated carbocycles. The summed E-state index contributed by atoms with van der Waals surface area (Å²) in [5.41, 5.74) is -0.985. The highest BCUT2D eigenvalue weighted by atomic mass is 35.5. The molecule has 2 aliphatic heterocycles. The molecule has 2 N–H and O–H groups in total. The predicted octanol–water partition coefficient (Wildman–Crippen LogP) is 6.27. The molecule has 0 spiro atoms. The first-order chi connectivity index (χ1) is 18.2. The summed E-state index contributed by atoms with van der Waals surface area (Å²) in [6.45, 7) is 0.787. The number of nitrogens with one attached hydrogen (secondary N) is 2. The zero-order valence-corrected chi connectivity index (χ0v) is 21.3. The van der Waals surface area contributed by atoms with Crippen molar-refractivity contribution in [3.63, 3.8) is 0 Å². The minimum Gasteiger partial charge on any atom is -0.480 e. The van der Waals surface area contributed by atoms with Crippen LogP contribution in [0.5, 0.6) is 5.75 Å². The van der Waals surface area contributed by atoms with Gasteiger partial charge in [0, 0.05) is 48.2 Å². The summed E-state index contributed by atoms with van der Waals surface area (Å²) in [4.78, 5) is 12.9. The third-order valence-electron chi connectivity index (χ3n) is 8.08. The average Bonchev–Trinajstić information content (AvgIpc) is 3.64. The highest BCUT2D eigenvalue weighted by Crippen LogP contribution is 2.53. The zero-order valence-electron chi connectivity index (χ0n) is 20.6. The van der Waals surface area contributed by atoms with E-state index in [0.717, 1.165) is 31.0 Å². The Labute approximate surface area is 222 Å². The Kier molecular flexibility index (Phi) is 5.96. The smallest absolute Gasteiger partial charge is 0.273 e. The van der Waals surface area contributed by atoms with Crippen LogP contribution in [0.4, 0.5) is 17.6 Å². The van der Waals surface area contributed by atoms with E-state index in [-0.39, 0.29) is 51.9 Å². The van der Waals surface area contributed by atoms with Gasteiger partial charge in [0.2, 0.25) is 0 Å². The van der Waals surface area contributed by atoms with Gasteiger partial charge in [0.1, 0.15) is 17.4 Å². The van der Waals surface area contributed by atoms with Crippen LogP contribution in [-0.4, -0.2) is 25.5 Å². The lowest BCUT2D eigenvalue weighted by Gasteiger charge is -2.35. The summed E-state index contributed by atoms with van der Waals surface area (Å²) in [6.07, 6.45) is 1.17. The molecule has 0 aromatic heterocycles. The van der Waals surface area contributed by atoms with Gasteiger partial charge in [0.05, 0.1) is 16.6 Å². The first kappa shape index (κ1) is 25.2. The monoisotopic (exact) mass is 544 g/mol. The van der Waals surface area contributed by atoms with Crippen LogP contribution < -0.4 is 15.4 Å². The van der Waals surface area contributed by atoms with Gasteiger partial charge in [-0.2, -0.15) is 0 Å². The summed E-state index contributed by atoms with van der Waals surface area (Å²) in [5, 5.41) is 5.49. The largest absolute Gasteiger partial charge is 0.480 e. The SMILES string of the molecule is CNC(=O)c1cc2c(c(F)c1-c1c(Cl)c(F)cc3c1C[C@](c1ccccc1)([C@@H]1CCCN1)O3)CCC2(F)F. The molecule has 198 valence electrons. The van der Waals surface area contributed by atoms with E-state index in [4.69, 9.17) is 16.3 Å². The molecule has 2 atom stereocenters. The molecule has 3 aromatic rings. The molecule has 3 aromatic carbocycles. The fraction of sp³-hybridized carbons (Fsp3) is 0.345. The van der Waals surface area contributed by atoms with Crippen molar-refractivity contribution in [1.29, 1.82) is 0 Å². The number of fused-ring (bicyclic) bond motifs is 2. The van der Waals surface area contributed by atoms with Crippen molar-refractivity contribution in [1.82, 2.24) is 10.6 Å². The van der Waals surface area contributed by atoms with E-state index in [2.05, 4.69) is 10.6 Å². The quantitative estimate of drug-likeness (QED) is 0.381.